The van der Waals surface area contributed by atoms with Gasteiger partial charge in [-0.05, 0) is 60.7 Å². The van der Waals surface area contributed by atoms with Crippen molar-refractivity contribution in [1.29, 1.82) is 0 Å². The molecule has 3 N–H and O–H groups in total. The molecule has 11 heteroatoms. The summed E-state index contributed by atoms with van der Waals surface area (Å²) in [5.41, 5.74) is 1.07. The van der Waals surface area contributed by atoms with Gasteiger partial charge in [0, 0.05) is 25.7 Å². The zero-order valence-corrected chi connectivity index (χ0v) is 23.3. The monoisotopic (exact) mass is 578 g/mol. The summed E-state index contributed by atoms with van der Waals surface area (Å²) >= 11 is 0. The van der Waals surface area contributed by atoms with E-state index in [0.29, 0.717) is 16.7 Å². The van der Waals surface area contributed by atoms with E-state index in [1.54, 1.807) is 56.3 Å². The fraction of sp³-hybridized carbons (Fsp3) is 0.345. The van der Waals surface area contributed by atoms with Crippen LogP contribution in [0.3, 0.4) is 0 Å². The smallest absolute Gasteiger partial charge is 0.416 e. The third kappa shape index (κ3) is 8.62. The van der Waals surface area contributed by atoms with Crippen molar-refractivity contribution in [3.63, 3.8) is 0 Å². The lowest BCUT2D eigenvalue weighted by atomic mass is 9.93. The Labute approximate surface area is 232 Å². The number of carboxylic acid groups (broad SMARTS) is 1. The van der Waals surface area contributed by atoms with Gasteiger partial charge in [-0.1, -0.05) is 54.6 Å². The molecule has 40 heavy (non-hydrogen) atoms. The van der Waals surface area contributed by atoms with Gasteiger partial charge in [0.25, 0.3) is 0 Å². The minimum absolute atomic E-state index is 0.0224. The number of benzene rings is 3. The highest BCUT2D eigenvalue weighted by Crippen LogP contribution is 2.30. The molecule has 0 bridgehead atoms. The maximum Gasteiger partial charge on any atom is 0.416 e. The first-order chi connectivity index (χ1) is 18.6. The molecule has 0 radical (unpaired) electrons. The van der Waals surface area contributed by atoms with Crippen LogP contribution >= 0.6 is 0 Å². The van der Waals surface area contributed by atoms with E-state index in [1.165, 1.54) is 25.2 Å². The van der Waals surface area contributed by atoms with Crippen LogP contribution in [0.5, 0.6) is 0 Å². The lowest BCUT2D eigenvalue weighted by molar-refractivity contribution is -0.138. The average molecular weight is 579 g/mol. The second-order valence-electron chi connectivity index (χ2n) is 10.4. The number of aliphatic carboxylic acids is 1. The number of aliphatic hydroxyl groups excluding tert-OH is 1. The van der Waals surface area contributed by atoms with E-state index in [0.717, 1.165) is 22.0 Å². The molecule has 0 saturated heterocycles. The Morgan fingerprint density at radius 2 is 1.60 bits per heavy atom. The number of hydrogen-bond acceptors (Lipinski definition) is 5. The topological polar surface area (TPSA) is 107 Å². The number of halogens is 3. The summed E-state index contributed by atoms with van der Waals surface area (Å²) in [7, 11) is -2.59. The molecule has 7 nitrogen and oxygen atoms in total. The number of rotatable bonds is 12. The first-order valence-corrected chi connectivity index (χ1v) is 14.0. The summed E-state index contributed by atoms with van der Waals surface area (Å²) in [6, 6.07) is 18.2. The third-order valence-electron chi connectivity index (χ3n) is 6.37. The van der Waals surface area contributed by atoms with Crippen LogP contribution in [0.4, 0.5) is 13.2 Å². The Morgan fingerprint density at radius 1 is 0.950 bits per heavy atom. The molecule has 0 aliphatic heterocycles. The lowest BCUT2D eigenvalue weighted by Crippen LogP contribution is -2.47. The molecular weight excluding hydrogens is 545 g/mol. The summed E-state index contributed by atoms with van der Waals surface area (Å²) in [5.74, 6) is -0.944. The van der Waals surface area contributed by atoms with Crippen LogP contribution in [-0.4, -0.2) is 60.7 Å². The van der Waals surface area contributed by atoms with Crippen molar-refractivity contribution in [2.45, 2.75) is 49.4 Å². The molecule has 1 atom stereocenters. The number of nitrogens with zero attached hydrogens (tertiary/aromatic N) is 1. The second kappa shape index (κ2) is 12.5. The molecule has 216 valence electrons. The van der Waals surface area contributed by atoms with Crippen LogP contribution in [0.1, 0.15) is 30.5 Å². The Kier molecular flexibility index (Phi) is 9.78. The molecule has 0 aromatic heterocycles. The van der Waals surface area contributed by atoms with Crippen molar-refractivity contribution < 1.29 is 36.6 Å². The van der Waals surface area contributed by atoms with Crippen LogP contribution in [0, 0.1) is 0 Å². The van der Waals surface area contributed by atoms with E-state index in [2.05, 4.69) is 5.32 Å². The number of sulfonamides is 1. The van der Waals surface area contributed by atoms with Gasteiger partial charge in [0.15, 0.2) is 0 Å². The molecule has 0 aliphatic rings. The first kappa shape index (κ1) is 31.3. The highest BCUT2D eigenvalue weighted by molar-refractivity contribution is 7.89. The zero-order valence-electron chi connectivity index (χ0n) is 22.4. The highest BCUT2D eigenvalue weighted by atomic mass is 32.2. The van der Waals surface area contributed by atoms with Gasteiger partial charge in [0.2, 0.25) is 10.0 Å². The van der Waals surface area contributed by atoms with Gasteiger partial charge in [-0.25, -0.2) is 8.42 Å². The maximum absolute atomic E-state index is 13.2. The van der Waals surface area contributed by atoms with E-state index >= 15 is 0 Å². The Bertz CT molecular complexity index is 1420. The Morgan fingerprint density at radius 3 is 2.23 bits per heavy atom. The van der Waals surface area contributed by atoms with Crippen LogP contribution in [0.15, 0.2) is 77.7 Å². The number of carbonyl (C=O) groups is 1. The van der Waals surface area contributed by atoms with Crippen molar-refractivity contribution in [1.82, 2.24) is 9.62 Å². The lowest BCUT2D eigenvalue weighted by Gasteiger charge is -2.29. The molecule has 3 aromatic carbocycles. The van der Waals surface area contributed by atoms with Gasteiger partial charge < -0.3 is 15.5 Å². The molecule has 0 fully saturated rings. The summed E-state index contributed by atoms with van der Waals surface area (Å²) in [6.45, 7) is 3.40. The number of hydrogen-bond donors (Lipinski definition) is 3. The van der Waals surface area contributed by atoms with Gasteiger partial charge in [0.05, 0.1) is 23.0 Å². The minimum atomic E-state index is -4.44. The van der Waals surface area contributed by atoms with Gasteiger partial charge in [-0.15, -0.1) is 0 Å². The summed E-state index contributed by atoms with van der Waals surface area (Å²) in [6.07, 6.45) is -5.36. The van der Waals surface area contributed by atoms with Crippen LogP contribution < -0.4 is 5.32 Å². The SMILES string of the molecule is CN(C[C@H](O)CNC(C)(C)Cc1cccc(C(F)(F)F)c1)S(=O)(=O)c1cccc(-c2ccc(CC(=O)O)cc2)c1. The molecule has 0 heterocycles. The molecule has 0 amide bonds. The fourth-order valence-electron chi connectivity index (χ4n) is 4.29. The standard InChI is InChI=1S/C29H33F3N2O5S/c1-28(2,17-21-6-4-8-24(14-21)29(30,31)32)33-18-25(35)19-34(3)40(38,39)26-9-5-7-23(16-26)22-12-10-20(11-13-22)15-27(36)37/h4-14,16,25,33,35H,15,17-19H2,1-3H3,(H,36,37)/t25-/m1/s1. The quantitative estimate of drug-likeness (QED) is 0.290. The number of likely N-dealkylation sites (N-methyl/N-ethyl adjacent to an activating group) is 1. The molecule has 0 saturated carbocycles. The highest BCUT2D eigenvalue weighted by Gasteiger charge is 2.31. The predicted octanol–water partition coefficient (Wildman–Crippen LogP) is 4.59. The first-order valence-electron chi connectivity index (χ1n) is 12.5. The van der Waals surface area contributed by atoms with Gasteiger partial charge in [-0.2, -0.15) is 17.5 Å². The zero-order chi connectivity index (χ0) is 29.7. The fourth-order valence-corrected chi connectivity index (χ4v) is 5.54. The maximum atomic E-state index is 13.2. The molecule has 3 rings (SSSR count). The third-order valence-corrected chi connectivity index (χ3v) is 8.19. The minimum Gasteiger partial charge on any atom is -0.481 e. The summed E-state index contributed by atoms with van der Waals surface area (Å²) in [5, 5.41) is 22.6. The summed E-state index contributed by atoms with van der Waals surface area (Å²) < 4.78 is 66.6. The van der Waals surface area contributed by atoms with Crippen molar-refractivity contribution in [3.05, 3.63) is 89.5 Å². The number of alkyl halides is 3. The molecule has 0 unspecified atom stereocenters. The van der Waals surface area contributed by atoms with Gasteiger partial charge >= 0.3 is 12.1 Å². The van der Waals surface area contributed by atoms with Crippen LogP contribution in [-0.2, 0) is 33.8 Å². The van der Waals surface area contributed by atoms with Crippen molar-refractivity contribution in [2.24, 2.45) is 0 Å². The number of β-amino-alcohol motifs (C(OH)–C–C–N with tert-alkyl or cyclic N) is 1. The average Bonchev–Trinajstić information content (AvgIpc) is 2.87. The second-order valence-corrected chi connectivity index (χ2v) is 12.4. The van der Waals surface area contributed by atoms with Crippen molar-refractivity contribution in [2.75, 3.05) is 20.1 Å². The van der Waals surface area contributed by atoms with Gasteiger partial charge in [-0.3, -0.25) is 4.79 Å². The molecule has 0 spiro atoms. The van der Waals surface area contributed by atoms with Gasteiger partial charge in [0.1, 0.15) is 0 Å². The largest absolute Gasteiger partial charge is 0.481 e. The molecular formula is C29H33F3N2O5S. The Hall–Kier alpha value is -3.25. The Balaban J connectivity index is 1.62. The van der Waals surface area contributed by atoms with Crippen molar-refractivity contribution in [3.8, 4) is 11.1 Å². The van der Waals surface area contributed by atoms with E-state index in [9.17, 15) is 31.5 Å². The van der Waals surface area contributed by atoms with Crippen molar-refractivity contribution >= 4 is 16.0 Å². The van der Waals surface area contributed by atoms with E-state index < -0.39 is 39.4 Å². The number of nitrogens with one attached hydrogen (secondary N) is 1. The summed E-state index contributed by atoms with van der Waals surface area (Å²) in [4.78, 5) is 10.9. The van der Waals surface area contributed by atoms with E-state index in [4.69, 9.17) is 5.11 Å². The molecule has 3 aromatic rings. The van der Waals surface area contributed by atoms with E-state index in [1.807, 2.05) is 0 Å². The predicted molar refractivity (Wildman–Crippen MR) is 146 cm³/mol. The normalized spacial score (nSPS) is 13.4. The van der Waals surface area contributed by atoms with Crippen LogP contribution in [0.25, 0.3) is 11.1 Å². The number of aliphatic hydroxyl groups is 1. The van der Waals surface area contributed by atoms with Crippen LogP contribution in [0.2, 0.25) is 0 Å². The molecule has 0 aliphatic carbocycles. The number of carboxylic acids is 1. The van der Waals surface area contributed by atoms with E-state index in [-0.39, 0.29) is 30.8 Å².